The lowest BCUT2D eigenvalue weighted by molar-refractivity contribution is -0.121. The maximum atomic E-state index is 13.7. The van der Waals surface area contributed by atoms with Crippen molar-refractivity contribution < 1.29 is 17.6 Å². The van der Waals surface area contributed by atoms with Gasteiger partial charge in [-0.1, -0.05) is 17.4 Å². The molecule has 0 saturated carbocycles. The Hall–Kier alpha value is -1.53. The number of thiazole rings is 1. The molecule has 11 heteroatoms. The fourth-order valence-corrected chi connectivity index (χ4v) is 7.72. The first-order valence-corrected chi connectivity index (χ1v) is 13.9. The van der Waals surface area contributed by atoms with E-state index in [0.29, 0.717) is 35.4 Å². The Bertz CT molecular complexity index is 1230. The number of sulfonamides is 1. The van der Waals surface area contributed by atoms with Gasteiger partial charge in [-0.05, 0) is 48.7 Å². The Morgan fingerprint density at radius 1 is 1.37 bits per heavy atom. The van der Waals surface area contributed by atoms with Crippen molar-refractivity contribution in [1.82, 2.24) is 8.87 Å². The fourth-order valence-electron chi connectivity index (χ4n) is 3.50. The Morgan fingerprint density at radius 3 is 2.93 bits per heavy atom. The largest absolute Gasteiger partial charge is 0.316 e. The van der Waals surface area contributed by atoms with E-state index in [1.165, 1.54) is 27.8 Å². The van der Waals surface area contributed by atoms with Crippen LogP contribution in [-0.4, -0.2) is 47.8 Å². The van der Waals surface area contributed by atoms with Gasteiger partial charge in [0.05, 0.1) is 10.2 Å². The zero-order valence-electron chi connectivity index (χ0n) is 16.2. The molecule has 4 rings (SSSR count). The topological polar surface area (TPSA) is 71.7 Å². The number of amides is 1. The van der Waals surface area contributed by atoms with Crippen LogP contribution in [0.15, 0.2) is 44.9 Å². The highest BCUT2D eigenvalue weighted by atomic mass is 32.2. The lowest BCUT2D eigenvalue weighted by Gasteiger charge is -2.20. The minimum atomic E-state index is -3.72. The highest BCUT2D eigenvalue weighted by Crippen LogP contribution is 2.29. The summed E-state index contributed by atoms with van der Waals surface area (Å²) >= 11 is 4.04. The molecule has 160 valence electrons. The number of halogens is 1. The molecule has 6 nitrogen and oxygen atoms in total. The minimum Gasteiger partial charge on any atom is -0.316 e. The van der Waals surface area contributed by atoms with E-state index in [9.17, 15) is 17.6 Å². The summed E-state index contributed by atoms with van der Waals surface area (Å²) in [5.74, 6) is -0.00685. The molecule has 0 aliphatic carbocycles. The van der Waals surface area contributed by atoms with Crippen LogP contribution in [0, 0.1) is 5.82 Å². The van der Waals surface area contributed by atoms with Crippen molar-refractivity contribution in [3.05, 3.63) is 46.3 Å². The Kier molecular flexibility index (Phi) is 6.44. The first-order chi connectivity index (χ1) is 14.4. The predicted molar refractivity (Wildman–Crippen MR) is 120 cm³/mol. The lowest BCUT2D eigenvalue weighted by Crippen LogP contribution is -2.40. The Morgan fingerprint density at radius 2 is 2.20 bits per heavy atom. The molecule has 30 heavy (non-hydrogen) atoms. The summed E-state index contributed by atoms with van der Waals surface area (Å²) in [7, 11) is -3.72. The first-order valence-electron chi connectivity index (χ1n) is 9.33. The molecule has 0 N–H and O–H groups in total. The molecule has 1 saturated heterocycles. The molecule has 0 radical (unpaired) electrons. The second-order valence-corrected chi connectivity index (χ2v) is 11.9. The van der Waals surface area contributed by atoms with Crippen LogP contribution in [0.25, 0.3) is 10.2 Å². The van der Waals surface area contributed by atoms with Crippen molar-refractivity contribution in [3.63, 3.8) is 0 Å². The molecule has 3 aromatic rings. The normalized spacial score (nSPS) is 18.5. The highest BCUT2D eigenvalue weighted by Gasteiger charge is 2.39. The summed E-state index contributed by atoms with van der Waals surface area (Å²) in [4.78, 5) is 17.8. The standard InChI is InChI=1S/C19H20FN3O3S4/c1-27-11-9-22-14-7-6-13(20)12-16(14)29-19(22)21-18(24)15-4-2-8-23(15)30(25,26)17-5-3-10-28-17/h3,5-7,10,12,15H,2,4,8-9,11H2,1H3. The van der Waals surface area contributed by atoms with Crippen molar-refractivity contribution in [3.8, 4) is 0 Å². The lowest BCUT2D eigenvalue weighted by atomic mass is 10.2. The van der Waals surface area contributed by atoms with E-state index in [-0.39, 0.29) is 10.0 Å². The van der Waals surface area contributed by atoms with Crippen LogP contribution in [0.1, 0.15) is 12.8 Å². The van der Waals surface area contributed by atoms with Gasteiger partial charge in [0.15, 0.2) is 4.80 Å². The van der Waals surface area contributed by atoms with Gasteiger partial charge in [-0.3, -0.25) is 4.79 Å². The van der Waals surface area contributed by atoms with Gasteiger partial charge in [0, 0.05) is 18.8 Å². The van der Waals surface area contributed by atoms with Crippen molar-refractivity contribution in [1.29, 1.82) is 0 Å². The SMILES string of the molecule is CSCCn1c(=NC(=O)C2CCCN2S(=O)(=O)c2cccs2)sc2cc(F)ccc21. The highest BCUT2D eigenvalue weighted by molar-refractivity contribution is 7.98. The number of fused-ring (bicyclic) bond motifs is 1. The molecular weight excluding hydrogens is 465 g/mol. The maximum absolute atomic E-state index is 13.7. The van der Waals surface area contributed by atoms with Crippen molar-refractivity contribution in [2.75, 3.05) is 18.6 Å². The summed E-state index contributed by atoms with van der Waals surface area (Å²) in [5.41, 5.74) is 0.816. The average molecular weight is 486 g/mol. The van der Waals surface area contributed by atoms with Gasteiger partial charge < -0.3 is 4.57 Å². The second-order valence-electron chi connectivity index (χ2n) is 6.80. The van der Waals surface area contributed by atoms with Gasteiger partial charge >= 0.3 is 0 Å². The van der Waals surface area contributed by atoms with E-state index in [1.807, 2.05) is 10.8 Å². The Labute approximate surface area is 186 Å². The van der Waals surface area contributed by atoms with E-state index >= 15 is 0 Å². The zero-order chi connectivity index (χ0) is 21.3. The zero-order valence-corrected chi connectivity index (χ0v) is 19.4. The van der Waals surface area contributed by atoms with Gasteiger partial charge in [-0.2, -0.15) is 21.1 Å². The molecule has 0 bridgehead atoms. The van der Waals surface area contributed by atoms with E-state index < -0.39 is 22.0 Å². The molecule has 1 aliphatic rings. The van der Waals surface area contributed by atoms with Gasteiger partial charge in [0.2, 0.25) is 0 Å². The monoisotopic (exact) mass is 485 g/mol. The average Bonchev–Trinajstić information content (AvgIpc) is 3.45. The number of carbonyl (C=O) groups excluding carboxylic acids is 1. The van der Waals surface area contributed by atoms with E-state index in [1.54, 1.807) is 35.3 Å². The van der Waals surface area contributed by atoms with Crippen molar-refractivity contribution in [2.24, 2.45) is 4.99 Å². The number of aryl methyl sites for hydroxylation is 1. The molecule has 2 aromatic heterocycles. The molecule has 3 heterocycles. The van der Waals surface area contributed by atoms with Crippen LogP contribution in [0.5, 0.6) is 0 Å². The number of hydrogen-bond acceptors (Lipinski definition) is 6. The third-order valence-corrected chi connectivity index (χ3v) is 9.83. The van der Waals surface area contributed by atoms with Crippen LogP contribution in [0.2, 0.25) is 0 Å². The van der Waals surface area contributed by atoms with Gasteiger partial charge in [0.1, 0.15) is 16.1 Å². The molecular formula is C19H20FN3O3S4. The molecule has 1 fully saturated rings. The van der Waals surface area contributed by atoms with Crippen molar-refractivity contribution >= 4 is 60.6 Å². The molecule has 0 spiro atoms. The number of hydrogen-bond donors (Lipinski definition) is 0. The molecule has 1 atom stereocenters. The fraction of sp³-hybridized carbons (Fsp3) is 0.368. The number of thioether (sulfide) groups is 1. The first kappa shape index (κ1) is 21.7. The van der Waals surface area contributed by atoms with Crippen LogP contribution in [-0.2, 0) is 21.4 Å². The molecule has 1 unspecified atom stereocenters. The number of carbonyl (C=O) groups is 1. The number of aromatic nitrogens is 1. The number of benzene rings is 1. The van der Waals surface area contributed by atoms with Crippen LogP contribution in [0.3, 0.4) is 0 Å². The third kappa shape index (κ3) is 4.13. The molecule has 1 amide bonds. The smallest absolute Gasteiger partial charge is 0.266 e. The summed E-state index contributed by atoms with van der Waals surface area (Å²) in [6, 6.07) is 6.93. The summed E-state index contributed by atoms with van der Waals surface area (Å²) < 4.78 is 43.7. The van der Waals surface area contributed by atoms with Crippen LogP contribution < -0.4 is 4.80 Å². The molecule has 1 aromatic carbocycles. The van der Waals surface area contributed by atoms with E-state index in [0.717, 1.165) is 22.6 Å². The summed E-state index contributed by atoms with van der Waals surface area (Å²) in [6.45, 7) is 0.928. The van der Waals surface area contributed by atoms with Gasteiger partial charge in [-0.25, -0.2) is 12.8 Å². The van der Waals surface area contributed by atoms with Gasteiger partial charge in [-0.15, -0.1) is 11.3 Å². The summed E-state index contributed by atoms with van der Waals surface area (Å²) in [6.07, 6.45) is 3.04. The van der Waals surface area contributed by atoms with Crippen LogP contribution in [0.4, 0.5) is 4.39 Å². The summed E-state index contributed by atoms with van der Waals surface area (Å²) in [5, 5.41) is 1.70. The van der Waals surface area contributed by atoms with Crippen molar-refractivity contribution in [2.45, 2.75) is 29.6 Å². The number of thiophene rings is 1. The Balaban J connectivity index is 1.72. The molecule has 1 aliphatic heterocycles. The minimum absolute atomic E-state index is 0.231. The number of rotatable bonds is 6. The van der Waals surface area contributed by atoms with Crippen LogP contribution >= 0.6 is 34.4 Å². The second kappa shape index (κ2) is 8.91. The van der Waals surface area contributed by atoms with Gasteiger partial charge in [0.25, 0.3) is 15.9 Å². The maximum Gasteiger partial charge on any atom is 0.266 e. The van der Waals surface area contributed by atoms with E-state index in [4.69, 9.17) is 0 Å². The predicted octanol–water partition coefficient (Wildman–Crippen LogP) is 3.55. The quantitative estimate of drug-likeness (QED) is 0.535. The number of nitrogens with zero attached hydrogens (tertiary/aromatic N) is 3. The third-order valence-electron chi connectivity index (χ3n) is 4.92. The van der Waals surface area contributed by atoms with E-state index in [2.05, 4.69) is 4.99 Å².